The van der Waals surface area contributed by atoms with E-state index in [4.69, 9.17) is 5.11 Å². The fraction of sp³-hybridized carbons (Fsp3) is 0.176. The standard InChI is InChI=1S/C17H8F7NO4/c1-5(15(26)27)25-10-2-6(12-8(19)3-9(20)13(21)14(12)22)7(18)4-11(10)29-17(23,24)16(25)28/h2-5H,1H3,(H,26,27)/t5-/m0/s1. The molecule has 0 radical (unpaired) electrons. The average molecular weight is 423 g/mol. The van der Waals surface area contributed by atoms with Gasteiger partial charge in [0.1, 0.15) is 17.7 Å². The van der Waals surface area contributed by atoms with Crippen LogP contribution in [0.25, 0.3) is 11.1 Å². The molecule has 2 aromatic carbocycles. The number of carboxylic acids is 1. The summed E-state index contributed by atoms with van der Waals surface area (Å²) in [5.74, 6) is -14.3. The third-order valence-corrected chi connectivity index (χ3v) is 4.14. The topological polar surface area (TPSA) is 66.8 Å². The van der Waals surface area contributed by atoms with E-state index in [2.05, 4.69) is 4.74 Å². The normalized spacial score (nSPS) is 16.3. The van der Waals surface area contributed by atoms with Crippen molar-refractivity contribution in [2.45, 2.75) is 19.1 Å². The summed E-state index contributed by atoms with van der Waals surface area (Å²) >= 11 is 0. The van der Waals surface area contributed by atoms with Gasteiger partial charge in [0.25, 0.3) is 0 Å². The van der Waals surface area contributed by atoms with Crippen molar-refractivity contribution in [2.24, 2.45) is 0 Å². The zero-order valence-corrected chi connectivity index (χ0v) is 14.1. The first-order valence-electron chi connectivity index (χ1n) is 7.67. The van der Waals surface area contributed by atoms with Crippen LogP contribution >= 0.6 is 0 Å². The van der Waals surface area contributed by atoms with Gasteiger partial charge in [0.05, 0.1) is 11.3 Å². The number of halogens is 7. The minimum absolute atomic E-state index is 0.0276. The number of anilines is 1. The Bertz CT molecular complexity index is 1060. The lowest BCUT2D eigenvalue weighted by Crippen LogP contribution is -2.55. The summed E-state index contributed by atoms with van der Waals surface area (Å²) in [6, 6.07) is -1.35. The zero-order valence-electron chi connectivity index (χ0n) is 14.1. The van der Waals surface area contributed by atoms with Gasteiger partial charge in [-0.2, -0.15) is 8.78 Å². The van der Waals surface area contributed by atoms with Gasteiger partial charge in [0.15, 0.2) is 23.2 Å². The summed E-state index contributed by atoms with van der Waals surface area (Å²) in [4.78, 5) is 23.2. The molecule has 1 aliphatic heterocycles. The molecule has 0 unspecified atom stereocenters. The largest absolute Gasteiger partial charge is 0.483 e. The Morgan fingerprint density at radius 3 is 2.24 bits per heavy atom. The number of aliphatic carboxylic acids is 1. The number of ether oxygens (including phenoxy) is 1. The maximum absolute atomic E-state index is 14.4. The van der Waals surface area contributed by atoms with E-state index in [9.17, 15) is 40.3 Å². The number of fused-ring (bicyclic) bond motifs is 1. The van der Waals surface area contributed by atoms with E-state index >= 15 is 0 Å². The molecule has 0 aliphatic carbocycles. The first kappa shape index (κ1) is 20.4. The molecule has 1 N–H and O–H groups in total. The third kappa shape index (κ3) is 3.13. The number of carbonyl (C=O) groups is 2. The Labute approximate surface area is 156 Å². The Balaban J connectivity index is 2.31. The van der Waals surface area contributed by atoms with Gasteiger partial charge in [-0.3, -0.25) is 9.69 Å². The van der Waals surface area contributed by atoms with Crippen LogP contribution in [0.5, 0.6) is 5.75 Å². The fourth-order valence-electron chi connectivity index (χ4n) is 2.74. The highest BCUT2D eigenvalue weighted by Gasteiger charge is 2.53. The highest BCUT2D eigenvalue weighted by Crippen LogP contribution is 2.44. The monoisotopic (exact) mass is 423 g/mol. The lowest BCUT2D eigenvalue weighted by molar-refractivity contribution is -0.193. The predicted molar refractivity (Wildman–Crippen MR) is 81.8 cm³/mol. The van der Waals surface area contributed by atoms with E-state index in [0.717, 1.165) is 6.92 Å². The van der Waals surface area contributed by atoms with Crippen LogP contribution in [0, 0.1) is 29.1 Å². The van der Waals surface area contributed by atoms with Gasteiger partial charge in [-0.25, -0.2) is 26.7 Å². The number of carbonyl (C=O) groups excluding carboxylic acids is 1. The van der Waals surface area contributed by atoms with Crippen LogP contribution in [0.1, 0.15) is 6.92 Å². The summed E-state index contributed by atoms with van der Waals surface area (Å²) < 4.78 is 101. The molecule has 0 bridgehead atoms. The van der Waals surface area contributed by atoms with Gasteiger partial charge in [0.2, 0.25) is 0 Å². The highest BCUT2D eigenvalue weighted by atomic mass is 19.3. The van der Waals surface area contributed by atoms with Gasteiger partial charge < -0.3 is 9.84 Å². The lowest BCUT2D eigenvalue weighted by Gasteiger charge is -2.35. The molecule has 1 amide bonds. The second-order valence-electron chi connectivity index (χ2n) is 5.95. The smallest absolute Gasteiger partial charge is 0.480 e. The predicted octanol–water partition coefficient (Wildman–Crippen LogP) is 3.84. The molecule has 1 atom stereocenters. The van der Waals surface area contributed by atoms with Crippen molar-refractivity contribution in [1.82, 2.24) is 0 Å². The van der Waals surface area contributed by atoms with Crippen LogP contribution in [0.4, 0.5) is 36.4 Å². The zero-order chi connectivity index (χ0) is 21.8. The van der Waals surface area contributed by atoms with Crippen molar-refractivity contribution < 1.29 is 50.2 Å². The molecule has 0 fully saturated rings. The van der Waals surface area contributed by atoms with Crippen LogP contribution in [0.3, 0.4) is 0 Å². The average Bonchev–Trinajstić information content (AvgIpc) is 2.61. The second-order valence-corrected chi connectivity index (χ2v) is 5.95. The summed E-state index contributed by atoms with van der Waals surface area (Å²) in [6.45, 7) is 0.840. The van der Waals surface area contributed by atoms with Crippen molar-refractivity contribution in [3.05, 3.63) is 47.3 Å². The summed E-state index contributed by atoms with van der Waals surface area (Å²) in [5.41, 5.74) is -3.24. The minimum Gasteiger partial charge on any atom is -0.480 e. The Kier molecular flexibility index (Phi) is 4.67. The van der Waals surface area contributed by atoms with Crippen molar-refractivity contribution in [3.63, 3.8) is 0 Å². The SMILES string of the molecule is C[C@@H](C(=O)O)N1C(=O)C(F)(F)Oc2cc(F)c(-c3c(F)cc(F)c(F)c3F)cc21. The number of amides is 1. The van der Waals surface area contributed by atoms with Crippen LogP contribution < -0.4 is 9.64 Å². The number of hydrogen-bond donors (Lipinski definition) is 1. The molecule has 1 heterocycles. The molecule has 3 rings (SSSR count). The van der Waals surface area contributed by atoms with Crippen molar-refractivity contribution >= 4 is 17.6 Å². The molecule has 29 heavy (non-hydrogen) atoms. The Morgan fingerprint density at radius 2 is 1.66 bits per heavy atom. The van der Waals surface area contributed by atoms with E-state index in [1.165, 1.54) is 0 Å². The van der Waals surface area contributed by atoms with Gasteiger partial charge in [-0.1, -0.05) is 0 Å². The van der Waals surface area contributed by atoms with Gasteiger partial charge in [-0.15, -0.1) is 0 Å². The Morgan fingerprint density at radius 1 is 1.03 bits per heavy atom. The Hall–Kier alpha value is -3.31. The van der Waals surface area contributed by atoms with E-state index in [-0.39, 0.29) is 17.0 Å². The van der Waals surface area contributed by atoms with Gasteiger partial charge in [-0.05, 0) is 13.0 Å². The quantitative estimate of drug-likeness (QED) is 0.463. The highest BCUT2D eigenvalue weighted by molar-refractivity contribution is 6.05. The van der Waals surface area contributed by atoms with Crippen LogP contribution in [0.15, 0.2) is 18.2 Å². The van der Waals surface area contributed by atoms with E-state index in [1.807, 2.05) is 0 Å². The number of rotatable bonds is 3. The van der Waals surface area contributed by atoms with Crippen molar-refractivity contribution in [2.75, 3.05) is 4.90 Å². The molecule has 1 aliphatic rings. The maximum atomic E-state index is 14.4. The maximum Gasteiger partial charge on any atom is 0.483 e. The summed E-state index contributed by atoms with van der Waals surface area (Å²) in [6.07, 6.45) is -4.55. The van der Waals surface area contributed by atoms with E-state index in [0.29, 0.717) is 6.07 Å². The number of benzene rings is 2. The van der Waals surface area contributed by atoms with Crippen LogP contribution in [-0.2, 0) is 9.59 Å². The number of carboxylic acid groups (broad SMARTS) is 1. The summed E-state index contributed by atoms with van der Waals surface area (Å²) in [7, 11) is 0. The first-order valence-corrected chi connectivity index (χ1v) is 7.67. The van der Waals surface area contributed by atoms with E-state index in [1.54, 1.807) is 0 Å². The number of hydrogen-bond acceptors (Lipinski definition) is 3. The molecular weight excluding hydrogens is 415 g/mol. The van der Waals surface area contributed by atoms with Crippen molar-refractivity contribution in [3.8, 4) is 16.9 Å². The minimum atomic E-state index is -4.55. The molecule has 0 aromatic heterocycles. The molecule has 12 heteroatoms. The second kappa shape index (κ2) is 6.64. The summed E-state index contributed by atoms with van der Waals surface area (Å²) in [5, 5.41) is 9.08. The fourth-order valence-corrected chi connectivity index (χ4v) is 2.74. The number of alkyl halides is 2. The third-order valence-electron chi connectivity index (χ3n) is 4.14. The molecular formula is C17H8F7NO4. The van der Waals surface area contributed by atoms with Gasteiger partial charge in [0, 0.05) is 17.7 Å². The first-order chi connectivity index (χ1) is 13.4. The van der Waals surface area contributed by atoms with Crippen molar-refractivity contribution in [1.29, 1.82) is 0 Å². The van der Waals surface area contributed by atoms with Crippen LogP contribution in [0.2, 0.25) is 0 Å². The van der Waals surface area contributed by atoms with Crippen LogP contribution in [-0.4, -0.2) is 29.1 Å². The lowest BCUT2D eigenvalue weighted by atomic mass is 10.0. The number of nitrogens with zero attached hydrogens (tertiary/aromatic N) is 1. The molecule has 0 spiro atoms. The molecule has 2 aromatic rings. The molecule has 0 saturated heterocycles. The van der Waals surface area contributed by atoms with E-state index < -0.39 is 75.7 Å². The molecule has 5 nitrogen and oxygen atoms in total. The molecule has 154 valence electrons. The molecule has 0 saturated carbocycles. The van der Waals surface area contributed by atoms with Gasteiger partial charge >= 0.3 is 18.0 Å².